The molecule has 0 unspecified atom stereocenters. The SMILES string of the molecule is CCCNc1nc(OCCCC(F)(F)F)c(F)cc1F. The summed E-state index contributed by atoms with van der Waals surface area (Å²) in [6, 6.07) is 0.587. The highest BCUT2D eigenvalue weighted by molar-refractivity contribution is 5.39. The van der Waals surface area contributed by atoms with E-state index in [1.807, 2.05) is 6.92 Å². The predicted molar refractivity (Wildman–Crippen MR) is 63.7 cm³/mol. The zero-order chi connectivity index (χ0) is 15.2. The third-order valence-electron chi connectivity index (χ3n) is 2.28. The maximum Gasteiger partial charge on any atom is 0.389 e. The first-order valence-corrected chi connectivity index (χ1v) is 6.13. The summed E-state index contributed by atoms with van der Waals surface area (Å²) in [5.41, 5.74) is 0. The lowest BCUT2D eigenvalue weighted by Crippen LogP contribution is -2.11. The molecule has 0 aliphatic carbocycles. The van der Waals surface area contributed by atoms with Gasteiger partial charge in [-0.1, -0.05) is 6.92 Å². The molecular weight excluding hydrogens is 283 g/mol. The van der Waals surface area contributed by atoms with Crippen molar-refractivity contribution < 1.29 is 26.7 Å². The molecule has 0 spiro atoms. The molecule has 8 heteroatoms. The predicted octanol–water partition coefficient (Wildman–Crippen LogP) is 3.90. The minimum absolute atomic E-state index is 0.181. The van der Waals surface area contributed by atoms with E-state index in [0.717, 1.165) is 0 Å². The normalized spacial score (nSPS) is 11.5. The van der Waals surface area contributed by atoms with Crippen molar-refractivity contribution in [2.75, 3.05) is 18.5 Å². The van der Waals surface area contributed by atoms with E-state index in [4.69, 9.17) is 4.74 Å². The Labute approximate surface area is 113 Å². The van der Waals surface area contributed by atoms with Gasteiger partial charge in [0.2, 0.25) is 0 Å². The summed E-state index contributed by atoms with van der Waals surface area (Å²) in [5.74, 6) is -2.61. The molecule has 0 radical (unpaired) electrons. The summed E-state index contributed by atoms with van der Waals surface area (Å²) in [5, 5.41) is 2.63. The van der Waals surface area contributed by atoms with E-state index in [-0.39, 0.29) is 18.8 Å². The van der Waals surface area contributed by atoms with Crippen molar-refractivity contribution in [3.63, 3.8) is 0 Å². The summed E-state index contributed by atoms with van der Waals surface area (Å²) >= 11 is 0. The molecule has 0 saturated carbocycles. The number of hydrogen-bond acceptors (Lipinski definition) is 3. The van der Waals surface area contributed by atoms with Crippen LogP contribution in [0.2, 0.25) is 0 Å². The van der Waals surface area contributed by atoms with Gasteiger partial charge in [-0.15, -0.1) is 0 Å². The monoisotopic (exact) mass is 298 g/mol. The second kappa shape index (κ2) is 7.25. The van der Waals surface area contributed by atoms with Crippen LogP contribution >= 0.6 is 0 Å². The first-order valence-electron chi connectivity index (χ1n) is 6.13. The Bertz CT molecular complexity index is 437. The number of nitrogens with zero attached hydrogens (tertiary/aromatic N) is 1. The third-order valence-corrected chi connectivity index (χ3v) is 2.28. The van der Waals surface area contributed by atoms with Gasteiger partial charge in [0, 0.05) is 19.0 Å². The fraction of sp³-hybridized carbons (Fsp3) is 0.583. The van der Waals surface area contributed by atoms with Crippen LogP contribution in [0.3, 0.4) is 0 Å². The van der Waals surface area contributed by atoms with Crippen LogP contribution in [0, 0.1) is 11.6 Å². The lowest BCUT2D eigenvalue weighted by Gasteiger charge is -2.11. The summed E-state index contributed by atoms with van der Waals surface area (Å²) in [6.45, 7) is 1.94. The average molecular weight is 298 g/mol. The van der Waals surface area contributed by atoms with Crippen molar-refractivity contribution in [1.29, 1.82) is 0 Å². The molecule has 0 bridgehead atoms. The van der Waals surface area contributed by atoms with E-state index in [2.05, 4.69) is 10.3 Å². The zero-order valence-electron chi connectivity index (χ0n) is 10.9. The van der Waals surface area contributed by atoms with E-state index in [1.165, 1.54) is 0 Å². The quantitative estimate of drug-likeness (QED) is 0.612. The van der Waals surface area contributed by atoms with Crippen molar-refractivity contribution in [2.45, 2.75) is 32.4 Å². The molecule has 0 aliphatic rings. The molecule has 20 heavy (non-hydrogen) atoms. The highest BCUT2D eigenvalue weighted by atomic mass is 19.4. The second-order valence-electron chi connectivity index (χ2n) is 4.10. The molecule has 0 amide bonds. The molecule has 1 heterocycles. The van der Waals surface area contributed by atoms with Gasteiger partial charge in [0.15, 0.2) is 17.5 Å². The van der Waals surface area contributed by atoms with E-state index < -0.39 is 30.1 Å². The minimum atomic E-state index is -4.29. The Morgan fingerprint density at radius 3 is 2.55 bits per heavy atom. The average Bonchev–Trinajstić information content (AvgIpc) is 2.34. The first kappa shape index (κ1) is 16.5. The molecular formula is C12H15F5N2O. The molecule has 0 aromatic carbocycles. The van der Waals surface area contributed by atoms with E-state index >= 15 is 0 Å². The fourth-order valence-corrected chi connectivity index (χ4v) is 1.36. The topological polar surface area (TPSA) is 34.2 Å². The van der Waals surface area contributed by atoms with Gasteiger partial charge in [-0.3, -0.25) is 0 Å². The summed E-state index contributed by atoms with van der Waals surface area (Å²) in [6.07, 6.45) is -4.93. The van der Waals surface area contributed by atoms with Gasteiger partial charge in [0.25, 0.3) is 5.88 Å². The summed E-state index contributed by atoms with van der Waals surface area (Å²) < 4.78 is 67.2. The second-order valence-corrected chi connectivity index (χ2v) is 4.10. The van der Waals surface area contributed by atoms with Crippen LogP contribution in [0.4, 0.5) is 27.8 Å². The van der Waals surface area contributed by atoms with Gasteiger partial charge in [0.1, 0.15) is 0 Å². The van der Waals surface area contributed by atoms with Crippen molar-refractivity contribution in [3.05, 3.63) is 17.7 Å². The number of rotatable bonds is 7. The Morgan fingerprint density at radius 1 is 1.25 bits per heavy atom. The Kier molecular flexibility index (Phi) is 5.97. The zero-order valence-corrected chi connectivity index (χ0v) is 10.9. The molecule has 1 rings (SSSR count). The van der Waals surface area contributed by atoms with E-state index in [9.17, 15) is 22.0 Å². The molecule has 0 atom stereocenters. The molecule has 1 aromatic rings. The van der Waals surface area contributed by atoms with Crippen LogP contribution in [0.15, 0.2) is 6.07 Å². The van der Waals surface area contributed by atoms with Crippen molar-refractivity contribution in [3.8, 4) is 5.88 Å². The smallest absolute Gasteiger partial charge is 0.389 e. The minimum Gasteiger partial charge on any atom is -0.476 e. The molecule has 0 saturated heterocycles. The summed E-state index contributed by atoms with van der Waals surface area (Å²) in [4.78, 5) is 3.58. The van der Waals surface area contributed by atoms with Gasteiger partial charge in [-0.05, 0) is 12.8 Å². The van der Waals surface area contributed by atoms with E-state index in [0.29, 0.717) is 19.0 Å². The van der Waals surface area contributed by atoms with Gasteiger partial charge in [0.05, 0.1) is 6.61 Å². The maximum absolute atomic E-state index is 13.3. The highest BCUT2D eigenvalue weighted by Crippen LogP contribution is 2.23. The number of alkyl halides is 3. The number of pyridine rings is 1. The fourth-order valence-electron chi connectivity index (χ4n) is 1.36. The Balaban J connectivity index is 2.60. The molecule has 1 aromatic heterocycles. The van der Waals surface area contributed by atoms with Gasteiger partial charge >= 0.3 is 6.18 Å². The lowest BCUT2D eigenvalue weighted by molar-refractivity contribution is -0.136. The summed E-state index contributed by atoms with van der Waals surface area (Å²) in [7, 11) is 0. The van der Waals surface area contributed by atoms with Gasteiger partial charge < -0.3 is 10.1 Å². The number of ether oxygens (including phenoxy) is 1. The Morgan fingerprint density at radius 2 is 1.95 bits per heavy atom. The van der Waals surface area contributed by atoms with Crippen molar-refractivity contribution in [1.82, 2.24) is 4.98 Å². The molecule has 1 N–H and O–H groups in total. The molecule has 0 fully saturated rings. The third kappa shape index (κ3) is 5.58. The maximum atomic E-state index is 13.3. The number of anilines is 1. The van der Waals surface area contributed by atoms with Gasteiger partial charge in [-0.25, -0.2) is 8.78 Å². The number of hydrogen-bond donors (Lipinski definition) is 1. The van der Waals surface area contributed by atoms with Crippen molar-refractivity contribution >= 4 is 5.82 Å². The highest BCUT2D eigenvalue weighted by Gasteiger charge is 2.26. The first-order chi connectivity index (χ1) is 9.33. The van der Waals surface area contributed by atoms with Crippen LogP contribution in [-0.2, 0) is 0 Å². The number of nitrogens with one attached hydrogen (secondary N) is 1. The van der Waals surface area contributed by atoms with Crippen LogP contribution < -0.4 is 10.1 Å². The van der Waals surface area contributed by atoms with Crippen LogP contribution in [0.5, 0.6) is 5.88 Å². The molecule has 114 valence electrons. The molecule has 0 aliphatic heterocycles. The van der Waals surface area contributed by atoms with Crippen LogP contribution in [0.1, 0.15) is 26.2 Å². The number of halogens is 5. The van der Waals surface area contributed by atoms with Crippen molar-refractivity contribution in [2.24, 2.45) is 0 Å². The largest absolute Gasteiger partial charge is 0.476 e. The lowest BCUT2D eigenvalue weighted by atomic mass is 10.3. The van der Waals surface area contributed by atoms with Crippen LogP contribution in [0.25, 0.3) is 0 Å². The Hall–Kier alpha value is -1.60. The standard InChI is InChI=1S/C12H15F5N2O/c1-2-5-18-10-8(13)7-9(14)11(19-10)20-6-3-4-12(15,16)17/h7H,2-6H2,1H3,(H,18,19). The van der Waals surface area contributed by atoms with E-state index in [1.54, 1.807) is 0 Å². The molecule has 3 nitrogen and oxygen atoms in total. The van der Waals surface area contributed by atoms with Crippen LogP contribution in [-0.4, -0.2) is 24.3 Å². The number of aromatic nitrogens is 1. The van der Waals surface area contributed by atoms with Gasteiger partial charge in [-0.2, -0.15) is 18.2 Å².